The number of nitrogen functional groups attached to an aromatic ring is 1. The van der Waals surface area contributed by atoms with Gasteiger partial charge in [-0.1, -0.05) is 6.07 Å². The van der Waals surface area contributed by atoms with Gasteiger partial charge in [-0.25, -0.2) is 4.79 Å². The third kappa shape index (κ3) is 4.24. The van der Waals surface area contributed by atoms with Gasteiger partial charge in [-0.2, -0.15) is 5.26 Å². The Kier molecular flexibility index (Phi) is 5.21. The minimum absolute atomic E-state index is 0.297. The average molecular weight is 309 g/mol. The van der Waals surface area contributed by atoms with Crippen molar-refractivity contribution in [3.8, 4) is 6.07 Å². The van der Waals surface area contributed by atoms with Crippen LogP contribution in [0.25, 0.3) is 0 Å². The number of nitrogens with one attached hydrogen (secondary N) is 1. The van der Waals surface area contributed by atoms with E-state index in [2.05, 4.69) is 11.4 Å². The Bertz CT molecular complexity index is 713. The molecule has 2 rings (SSSR count). The Morgan fingerprint density at radius 1 is 1.30 bits per heavy atom. The molecule has 1 unspecified atom stereocenters. The highest BCUT2D eigenvalue weighted by Gasteiger charge is 2.22. The van der Waals surface area contributed by atoms with E-state index in [1.165, 1.54) is 0 Å². The topological polar surface area (TPSA) is 88.1 Å². The number of esters is 1. The van der Waals surface area contributed by atoms with Gasteiger partial charge in [0.25, 0.3) is 0 Å². The summed E-state index contributed by atoms with van der Waals surface area (Å²) in [6.45, 7) is 3.98. The molecular formula is C18H19N3O2. The number of nitriles is 1. The van der Waals surface area contributed by atoms with Crippen LogP contribution in [0, 0.1) is 18.3 Å². The number of anilines is 2. The SMILES string of the molecule is CCOC(=O)C(Nc1ccc(C#N)cc1)c1cc(C)cc(N)c1. The Morgan fingerprint density at radius 2 is 2.00 bits per heavy atom. The molecule has 0 fully saturated rings. The van der Waals surface area contributed by atoms with E-state index in [1.54, 1.807) is 37.3 Å². The van der Waals surface area contributed by atoms with Gasteiger partial charge in [0.1, 0.15) is 0 Å². The Balaban J connectivity index is 2.33. The zero-order valence-electron chi connectivity index (χ0n) is 13.2. The quantitative estimate of drug-likeness (QED) is 0.654. The highest BCUT2D eigenvalue weighted by atomic mass is 16.5. The first-order valence-electron chi connectivity index (χ1n) is 7.34. The van der Waals surface area contributed by atoms with Crippen LogP contribution < -0.4 is 11.1 Å². The number of ether oxygens (including phenoxy) is 1. The first-order valence-corrected chi connectivity index (χ1v) is 7.34. The molecule has 0 saturated heterocycles. The van der Waals surface area contributed by atoms with Crippen LogP contribution in [0.4, 0.5) is 11.4 Å². The predicted molar refractivity (Wildman–Crippen MR) is 89.7 cm³/mol. The van der Waals surface area contributed by atoms with Crippen molar-refractivity contribution in [3.63, 3.8) is 0 Å². The van der Waals surface area contributed by atoms with Gasteiger partial charge in [-0.05, 0) is 61.4 Å². The molecule has 5 nitrogen and oxygen atoms in total. The zero-order chi connectivity index (χ0) is 16.8. The minimum Gasteiger partial charge on any atom is -0.464 e. The summed E-state index contributed by atoms with van der Waals surface area (Å²) in [5.74, 6) is -0.373. The van der Waals surface area contributed by atoms with E-state index < -0.39 is 6.04 Å². The van der Waals surface area contributed by atoms with Crippen LogP contribution in [-0.4, -0.2) is 12.6 Å². The molecular weight excluding hydrogens is 290 g/mol. The van der Waals surface area contributed by atoms with Gasteiger partial charge in [0.2, 0.25) is 0 Å². The van der Waals surface area contributed by atoms with E-state index in [4.69, 9.17) is 15.7 Å². The fourth-order valence-corrected chi connectivity index (χ4v) is 2.32. The van der Waals surface area contributed by atoms with Crippen molar-refractivity contribution >= 4 is 17.3 Å². The number of hydrogen-bond acceptors (Lipinski definition) is 5. The molecule has 0 aliphatic carbocycles. The van der Waals surface area contributed by atoms with Crippen molar-refractivity contribution in [1.82, 2.24) is 0 Å². The van der Waals surface area contributed by atoms with E-state index >= 15 is 0 Å². The summed E-state index contributed by atoms with van der Waals surface area (Å²) in [4.78, 5) is 12.3. The van der Waals surface area contributed by atoms with Crippen LogP contribution in [0.1, 0.15) is 29.7 Å². The fourth-order valence-electron chi connectivity index (χ4n) is 2.32. The molecule has 0 saturated carbocycles. The molecule has 0 radical (unpaired) electrons. The maximum Gasteiger partial charge on any atom is 0.333 e. The number of hydrogen-bond donors (Lipinski definition) is 2. The zero-order valence-corrected chi connectivity index (χ0v) is 13.2. The van der Waals surface area contributed by atoms with Gasteiger partial charge in [0.15, 0.2) is 6.04 Å². The van der Waals surface area contributed by atoms with Crippen molar-refractivity contribution in [3.05, 3.63) is 59.2 Å². The predicted octanol–water partition coefficient (Wildman–Crippen LogP) is 3.17. The van der Waals surface area contributed by atoms with Gasteiger partial charge >= 0.3 is 5.97 Å². The molecule has 0 aromatic heterocycles. The number of benzene rings is 2. The lowest BCUT2D eigenvalue weighted by Gasteiger charge is -2.20. The third-order valence-corrected chi connectivity index (χ3v) is 3.30. The standard InChI is InChI=1S/C18H19N3O2/c1-3-23-18(22)17(14-8-12(2)9-15(20)10-14)21-16-6-4-13(11-19)5-7-16/h4-10,17,21H,3,20H2,1-2H3. The van der Waals surface area contributed by atoms with Crippen molar-refractivity contribution < 1.29 is 9.53 Å². The monoisotopic (exact) mass is 309 g/mol. The third-order valence-electron chi connectivity index (χ3n) is 3.30. The van der Waals surface area contributed by atoms with Crippen LogP contribution >= 0.6 is 0 Å². The van der Waals surface area contributed by atoms with Crippen molar-refractivity contribution in [2.24, 2.45) is 0 Å². The molecule has 0 heterocycles. The number of aryl methyl sites for hydroxylation is 1. The maximum absolute atomic E-state index is 12.3. The summed E-state index contributed by atoms with van der Waals surface area (Å²) in [6, 6.07) is 13.8. The number of nitrogens with zero attached hydrogens (tertiary/aromatic N) is 1. The van der Waals surface area contributed by atoms with Crippen molar-refractivity contribution in [2.45, 2.75) is 19.9 Å². The summed E-state index contributed by atoms with van der Waals surface area (Å²) >= 11 is 0. The Labute approximate surface area is 135 Å². The minimum atomic E-state index is -0.662. The van der Waals surface area contributed by atoms with Crippen LogP contribution in [0.2, 0.25) is 0 Å². The molecule has 2 aromatic rings. The molecule has 0 spiro atoms. The first kappa shape index (κ1) is 16.4. The number of carbonyl (C=O) groups excluding carboxylic acids is 1. The van der Waals surface area contributed by atoms with Gasteiger partial charge < -0.3 is 15.8 Å². The first-order chi connectivity index (χ1) is 11.0. The Morgan fingerprint density at radius 3 is 2.57 bits per heavy atom. The maximum atomic E-state index is 12.3. The van der Waals surface area contributed by atoms with Crippen molar-refractivity contribution in [2.75, 3.05) is 17.7 Å². The molecule has 2 aromatic carbocycles. The molecule has 1 atom stereocenters. The molecule has 0 bridgehead atoms. The molecule has 0 aliphatic heterocycles. The summed E-state index contributed by atoms with van der Waals surface area (Å²) in [5.41, 5.74) is 9.47. The summed E-state index contributed by atoms with van der Waals surface area (Å²) < 4.78 is 5.16. The van der Waals surface area contributed by atoms with E-state index in [0.29, 0.717) is 17.9 Å². The second kappa shape index (κ2) is 7.32. The van der Waals surface area contributed by atoms with Crippen molar-refractivity contribution in [1.29, 1.82) is 5.26 Å². The smallest absolute Gasteiger partial charge is 0.333 e. The molecule has 118 valence electrons. The number of nitrogens with two attached hydrogens (primary N) is 1. The normalized spacial score (nSPS) is 11.3. The van der Waals surface area contributed by atoms with Crippen LogP contribution in [-0.2, 0) is 9.53 Å². The second-order valence-corrected chi connectivity index (χ2v) is 5.20. The van der Waals surface area contributed by atoms with Gasteiger partial charge in [-0.15, -0.1) is 0 Å². The fraction of sp³-hybridized carbons (Fsp3) is 0.222. The second-order valence-electron chi connectivity index (χ2n) is 5.20. The molecule has 5 heteroatoms. The van der Waals surface area contributed by atoms with Crippen LogP contribution in [0.15, 0.2) is 42.5 Å². The lowest BCUT2D eigenvalue weighted by Crippen LogP contribution is -2.23. The summed E-state index contributed by atoms with van der Waals surface area (Å²) in [7, 11) is 0. The van der Waals surface area contributed by atoms with E-state index in [1.807, 2.05) is 19.1 Å². The lowest BCUT2D eigenvalue weighted by molar-refractivity contribution is -0.144. The van der Waals surface area contributed by atoms with E-state index in [9.17, 15) is 4.79 Å². The van der Waals surface area contributed by atoms with Crippen LogP contribution in [0.5, 0.6) is 0 Å². The van der Waals surface area contributed by atoms with E-state index in [0.717, 1.165) is 16.8 Å². The number of carbonyl (C=O) groups is 1. The average Bonchev–Trinajstić information content (AvgIpc) is 2.52. The lowest BCUT2D eigenvalue weighted by atomic mass is 10.0. The van der Waals surface area contributed by atoms with Gasteiger partial charge in [0.05, 0.1) is 18.2 Å². The molecule has 0 aliphatic rings. The van der Waals surface area contributed by atoms with Gasteiger partial charge in [-0.3, -0.25) is 0 Å². The van der Waals surface area contributed by atoms with E-state index in [-0.39, 0.29) is 5.97 Å². The largest absolute Gasteiger partial charge is 0.464 e. The Hall–Kier alpha value is -3.00. The number of rotatable bonds is 5. The molecule has 3 N–H and O–H groups in total. The van der Waals surface area contributed by atoms with Gasteiger partial charge in [0, 0.05) is 11.4 Å². The van der Waals surface area contributed by atoms with Crippen LogP contribution in [0.3, 0.4) is 0 Å². The highest BCUT2D eigenvalue weighted by molar-refractivity contribution is 5.81. The highest BCUT2D eigenvalue weighted by Crippen LogP contribution is 2.24. The summed E-state index contributed by atoms with van der Waals surface area (Å²) in [5, 5.41) is 12.0. The molecule has 0 amide bonds. The summed E-state index contributed by atoms with van der Waals surface area (Å²) in [6.07, 6.45) is 0. The molecule has 23 heavy (non-hydrogen) atoms.